The average Bonchev–Trinajstić information content (AvgIpc) is 1.80. The molecule has 0 heterocycles. The molecule has 1 nitrogen and oxygen atoms in total. The molecule has 0 aromatic heterocycles. The van der Waals surface area contributed by atoms with E-state index in [9.17, 15) is 4.79 Å². The van der Waals surface area contributed by atoms with Gasteiger partial charge >= 0.3 is 0 Å². The fraction of sp³-hybridized carbons (Fsp3) is 0.286. The van der Waals surface area contributed by atoms with E-state index in [2.05, 4.69) is 22.6 Å². The average molecular weight is 234 g/mol. The van der Waals surface area contributed by atoms with Gasteiger partial charge < -0.3 is 0 Å². The lowest BCUT2D eigenvalue weighted by atomic mass is 10.0. The molecule has 1 atom stereocenters. The zero-order valence-electron chi connectivity index (χ0n) is 5.10. The number of allylic oxidation sites excluding steroid dienone is 4. The lowest BCUT2D eigenvalue weighted by Crippen LogP contribution is -2.07. The van der Waals surface area contributed by atoms with Gasteiger partial charge in [0.05, 0.1) is 0 Å². The second-order valence-corrected chi connectivity index (χ2v) is 3.32. The Labute approximate surface area is 68.0 Å². The summed E-state index contributed by atoms with van der Waals surface area (Å²) in [5.74, 6) is 0.289. The van der Waals surface area contributed by atoms with E-state index in [-0.39, 0.29) is 11.7 Å². The molecule has 0 saturated carbocycles. The van der Waals surface area contributed by atoms with E-state index in [1.54, 1.807) is 6.08 Å². The minimum absolute atomic E-state index is 0.0851. The molecule has 0 amide bonds. The van der Waals surface area contributed by atoms with Gasteiger partial charge in [-0.15, -0.1) is 0 Å². The van der Waals surface area contributed by atoms with Crippen LogP contribution in [0.3, 0.4) is 0 Å². The van der Waals surface area contributed by atoms with Crippen molar-refractivity contribution in [3.8, 4) is 0 Å². The lowest BCUT2D eigenvalue weighted by molar-refractivity contribution is -0.116. The third kappa shape index (κ3) is 1.64. The smallest absolute Gasteiger partial charge is 0.162 e. The van der Waals surface area contributed by atoms with Crippen LogP contribution in [0.25, 0.3) is 0 Å². The Morgan fingerprint density at radius 2 is 2.22 bits per heavy atom. The van der Waals surface area contributed by atoms with Crippen LogP contribution in [0.15, 0.2) is 21.8 Å². The van der Waals surface area contributed by atoms with Crippen molar-refractivity contribution in [2.45, 2.75) is 6.92 Å². The van der Waals surface area contributed by atoms with Gasteiger partial charge in [-0.3, -0.25) is 4.79 Å². The maximum absolute atomic E-state index is 10.8. The van der Waals surface area contributed by atoms with Crippen LogP contribution in [0.2, 0.25) is 0 Å². The Hall–Kier alpha value is -0.120. The molecule has 0 radical (unpaired) electrons. The van der Waals surface area contributed by atoms with Gasteiger partial charge in [0.1, 0.15) is 0 Å². The predicted octanol–water partition coefficient (Wildman–Crippen LogP) is 2.08. The van der Waals surface area contributed by atoms with Gasteiger partial charge in [0.25, 0.3) is 0 Å². The summed E-state index contributed by atoms with van der Waals surface area (Å²) < 4.78 is 1.15. The first-order valence-corrected chi connectivity index (χ1v) is 3.87. The number of hydrogen-bond acceptors (Lipinski definition) is 1. The lowest BCUT2D eigenvalue weighted by Gasteiger charge is -2.05. The van der Waals surface area contributed by atoms with Crippen molar-refractivity contribution in [1.29, 1.82) is 0 Å². The van der Waals surface area contributed by atoms with Crippen LogP contribution in [-0.2, 0) is 4.79 Å². The van der Waals surface area contributed by atoms with Crippen LogP contribution < -0.4 is 0 Å². The Morgan fingerprint density at radius 1 is 1.56 bits per heavy atom. The molecule has 1 aliphatic rings. The van der Waals surface area contributed by atoms with Gasteiger partial charge in [0, 0.05) is 9.50 Å². The Bertz CT molecular complexity index is 191. The highest BCUT2D eigenvalue weighted by atomic mass is 127. The summed E-state index contributed by atoms with van der Waals surface area (Å²) in [6, 6.07) is 0. The number of carbonyl (C=O) groups is 1. The van der Waals surface area contributed by atoms with Crippen molar-refractivity contribution < 1.29 is 4.79 Å². The van der Waals surface area contributed by atoms with E-state index in [1.807, 2.05) is 19.1 Å². The number of rotatable bonds is 0. The Balaban J connectivity index is 2.82. The summed E-state index contributed by atoms with van der Waals surface area (Å²) >= 11 is 2.20. The van der Waals surface area contributed by atoms with E-state index < -0.39 is 0 Å². The second-order valence-electron chi connectivity index (χ2n) is 2.08. The molecule has 0 aliphatic heterocycles. The number of carbonyl (C=O) groups excluding carboxylic acids is 1. The molecular formula is C7H7IO. The van der Waals surface area contributed by atoms with Crippen LogP contribution >= 0.6 is 22.6 Å². The van der Waals surface area contributed by atoms with E-state index >= 15 is 0 Å². The highest BCUT2D eigenvalue weighted by Crippen LogP contribution is 2.17. The predicted molar refractivity (Wildman–Crippen MR) is 45.4 cm³/mol. The topological polar surface area (TPSA) is 17.1 Å². The van der Waals surface area contributed by atoms with E-state index in [0.29, 0.717) is 0 Å². The first kappa shape index (κ1) is 6.99. The third-order valence-corrected chi connectivity index (χ3v) is 1.98. The quantitative estimate of drug-likeness (QED) is 0.586. The molecule has 0 bridgehead atoms. The molecule has 9 heavy (non-hydrogen) atoms. The molecule has 1 unspecified atom stereocenters. The number of hydrogen-bond donors (Lipinski definition) is 0. The summed E-state index contributed by atoms with van der Waals surface area (Å²) in [4.78, 5) is 10.8. The molecule has 1 aliphatic carbocycles. The van der Waals surface area contributed by atoms with Crippen LogP contribution in [-0.4, -0.2) is 5.78 Å². The zero-order valence-corrected chi connectivity index (χ0v) is 7.25. The van der Waals surface area contributed by atoms with Crippen molar-refractivity contribution in [2.75, 3.05) is 0 Å². The maximum Gasteiger partial charge on any atom is 0.162 e. The highest BCUT2D eigenvalue weighted by Gasteiger charge is 2.09. The monoisotopic (exact) mass is 234 g/mol. The normalized spacial score (nSPS) is 26.2. The minimum atomic E-state index is 0.0851. The van der Waals surface area contributed by atoms with E-state index in [0.717, 1.165) is 3.58 Å². The van der Waals surface area contributed by atoms with Crippen molar-refractivity contribution in [1.82, 2.24) is 0 Å². The van der Waals surface area contributed by atoms with E-state index in [1.165, 1.54) is 0 Å². The minimum Gasteiger partial charge on any atom is -0.294 e. The molecule has 0 N–H and O–H groups in total. The summed E-state index contributed by atoms with van der Waals surface area (Å²) in [5, 5.41) is 0. The largest absolute Gasteiger partial charge is 0.294 e. The molecule has 2 heteroatoms. The van der Waals surface area contributed by atoms with Crippen LogP contribution in [0, 0.1) is 5.92 Å². The molecule has 0 aromatic carbocycles. The van der Waals surface area contributed by atoms with Gasteiger partial charge in [0.2, 0.25) is 0 Å². The number of halogens is 1. The van der Waals surface area contributed by atoms with Gasteiger partial charge in [-0.2, -0.15) is 0 Å². The van der Waals surface area contributed by atoms with Gasteiger partial charge in [0.15, 0.2) is 5.78 Å². The van der Waals surface area contributed by atoms with Crippen LogP contribution in [0.5, 0.6) is 0 Å². The molecule has 0 fully saturated rings. The van der Waals surface area contributed by atoms with E-state index in [4.69, 9.17) is 0 Å². The molecule has 0 aromatic rings. The standard InChI is InChI=1S/C7H7IO/c1-5-4-6(8)2-3-7(5)9/h2-5H,1H3. The molecule has 0 spiro atoms. The van der Waals surface area contributed by atoms with Gasteiger partial charge in [-0.05, 0) is 34.7 Å². The fourth-order valence-electron chi connectivity index (χ4n) is 0.690. The second kappa shape index (κ2) is 2.64. The van der Waals surface area contributed by atoms with Crippen molar-refractivity contribution in [2.24, 2.45) is 5.92 Å². The van der Waals surface area contributed by atoms with Crippen LogP contribution in [0.4, 0.5) is 0 Å². The molecular weight excluding hydrogens is 227 g/mol. The van der Waals surface area contributed by atoms with Crippen LogP contribution in [0.1, 0.15) is 6.92 Å². The molecule has 0 saturated heterocycles. The van der Waals surface area contributed by atoms with Crippen molar-refractivity contribution in [3.63, 3.8) is 0 Å². The van der Waals surface area contributed by atoms with Gasteiger partial charge in [-0.1, -0.05) is 13.0 Å². The number of ketones is 1. The highest BCUT2D eigenvalue weighted by molar-refractivity contribution is 14.1. The first-order valence-electron chi connectivity index (χ1n) is 2.79. The zero-order chi connectivity index (χ0) is 6.85. The summed E-state index contributed by atoms with van der Waals surface area (Å²) in [5.41, 5.74) is 0. The molecule has 48 valence electrons. The van der Waals surface area contributed by atoms with Crippen molar-refractivity contribution in [3.05, 3.63) is 21.8 Å². The Morgan fingerprint density at radius 3 is 2.67 bits per heavy atom. The summed E-state index contributed by atoms with van der Waals surface area (Å²) in [7, 11) is 0. The third-order valence-electron chi connectivity index (χ3n) is 1.26. The molecule has 1 rings (SSSR count). The fourth-order valence-corrected chi connectivity index (χ4v) is 1.41. The maximum atomic E-state index is 10.8. The van der Waals surface area contributed by atoms with Gasteiger partial charge in [-0.25, -0.2) is 0 Å². The van der Waals surface area contributed by atoms with Crippen molar-refractivity contribution >= 4 is 28.4 Å². The Kier molecular flexibility index (Phi) is 2.05. The first-order chi connectivity index (χ1) is 4.20. The summed E-state index contributed by atoms with van der Waals surface area (Å²) in [6.07, 6.45) is 5.43. The summed E-state index contributed by atoms with van der Waals surface area (Å²) in [6.45, 7) is 1.91. The SMILES string of the molecule is CC1C=C(I)C=CC1=O.